The minimum absolute atomic E-state index is 0.0482. The van der Waals surface area contributed by atoms with Crippen molar-refractivity contribution in [3.05, 3.63) is 29.3 Å². The Labute approximate surface area is 126 Å². The van der Waals surface area contributed by atoms with Crippen LogP contribution in [0.25, 0.3) is 0 Å². The summed E-state index contributed by atoms with van der Waals surface area (Å²) in [6, 6.07) is 7.09. The van der Waals surface area contributed by atoms with E-state index in [0.717, 1.165) is 18.8 Å². The van der Waals surface area contributed by atoms with Crippen LogP contribution >= 0.6 is 11.6 Å². The lowest BCUT2D eigenvalue weighted by Crippen LogP contribution is -2.40. The molecule has 0 fully saturated rings. The maximum Gasteiger partial charge on any atom is 0.238 e. The molecule has 1 aromatic rings. The fraction of sp³-hybridized carbons (Fsp3) is 0.533. The van der Waals surface area contributed by atoms with E-state index in [1.807, 2.05) is 0 Å². The highest BCUT2D eigenvalue weighted by Crippen LogP contribution is 2.14. The van der Waals surface area contributed by atoms with Crippen molar-refractivity contribution in [2.24, 2.45) is 5.41 Å². The van der Waals surface area contributed by atoms with E-state index in [-0.39, 0.29) is 11.3 Å². The Morgan fingerprint density at radius 2 is 1.85 bits per heavy atom. The van der Waals surface area contributed by atoms with Crippen LogP contribution in [-0.4, -0.2) is 44.5 Å². The predicted molar refractivity (Wildman–Crippen MR) is 85.3 cm³/mol. The highest BCUT2D eigenvalue weighted by molar-refractivity contribution is 6.30. The molecule has 0 spiro atoms. The molecule has 4 nitrogen and oxygen atoms in total. The first kappa shape index (κ1) is 17.0. The smallest absolute Gasteiger partial charge is 0.238 e. The van der Waals surface area contributed by atoms with Crippen LogP contribution < -0.4 is 10.6 Å². The van der Waals surface area contributed by atoms with Crippen molar-refractivity contribution in [3.8, 4) is 0 Å². The number of rotatable bonds is 7. The van der Waals surface area contributed by atoms with Crippen molar-refractivity contribution in [3.63, 3.8) is 0 Å². The molecule has 0 heterocycles. The molecule has 1 aromatic carbocycles. The third-order valence-electron chi connectivity index (χ3n) is 2.76. The van der Waals surface area contributed by atoms with Crippen LogP contribution in [-0.2, 0) is 4.79 Å². The Bertz CT molecular complexity index is 429. The van der Waals surface area contributed by atoms with Crippen LogP contribution in [0.5, 0.6) is 0 Å². The second-order valence-electron chi connectivity index (χ2n) is 6.06. The van der Waals surface area contributed by atoms with Gasteiger partial charge in [-0.25, -0.2) is 0 Å². The number of anilines is 1. The molecule has 0 atom stereocenters. The first-order valence-electron chi connectivity index (χ1n) is 6.69. The van der Waals surface area contributed by atoms with Gasteiger partial charge >= 0.3 is 0 Å². The molecule has 0 aromatic heterocycles. The van der Waals surface area contributed by atoms with E-state index in [4.69, 9.17) is 11.6 Å². The first-order chi connectivity index (χ1) is 9.28. The van der Waals surface area contributed by atoms with Gasteiger partial charge in [0.15, 0.2) is 0 Å². The van der Waals surface area contributed by atoms with Crippen LogP contribution in [0, 0.1) is 5.41 Å². The van der Waals surface area contributed by atoms with Crippen molar-refractivity contribution < 1.29 is 4.79 Å². The number of amides is 1. The van der Waals surface area contributed by atoms with Gasteiger partial charge in [0, 0.05) is 23.8 Å². The van der Waals surface area contributed by atoms with Gasteiger partial charge in [-0.05, 0) is 43.8 Å². The van der Waals surface area contributed by atoms with Gasteiger partial charge in [-0.3, -0.25) is 4.79 Å². The molecule has 0 radical (unpaired) electrons. The molecule has 5 heteroatoms. The summed E-state index contributed by atoms with van der Waals surface area (Å²) in [6.07, 6.45) is 0. The molecule has 0 aliphatic carbocycles. The van der Waals surface area contributed by atoms with Crippen LogP contribution in [0.1, 0.15) is 13.8 Å². The number of hydrogen-bond acceptors (Lipinski definition) is 3. The monoisotopic (exact) mass is 297 g/mol. The molecule has 0 bridgehead atoms. The maximum atomic E-state index is 11.8. The third kappa shape index (κ3) is 6.89. The molecule has 112 valence electrons. The Hall–Kier alpha value is -1.10. The van der Waals surface area contributed by atoms with Crippen LogP contribution in [0.2, 0.25) is 5.02 Å². The number of carbonyl (C=O) groups is 1. The molecule has 0 saturated carbocycles. The van der Waals surface area contributed by atoms with Crippen molar-refractivity contribution in [2.75, 3.05) is 39.0 Å². The molecule has 0 aliphatic rings. The summed E-state index contributed by atoms with van der Waals surface area (Å²) in [5.74, 6) is -0.0482. The molecule has 0 aliphatic heterocycles. The summed E-state index contributed by atoms with van der Waals surface area (Å²) in [5.41, 5.74) is 0.887. The largest absolute Gasteiger partial charge is 0.325 e. The fourth-order valence-electron chi connectivity index (χ4n) is 2.16. The summed E-state index contributed by atoms with van der Waals surface area (Å²) in [4.78, 5) is 13.9. The Balaban J connectivity index is 2.31. The summed E-state index contributed by atoms with van der Waals surface area (Å²) in [7, 11) is 4.10. The summed E-state index contributed by atoms with van der Waals surface area (Å²) in [5, 5.41) is 6.68. The summed E-state index contributed by atoms with van der Waals surface area (Å²) < 4.78 is 0. The van der Waals surface area contributed by atoms with Crippen molar-refractivity contribution in [1.29, 1.82) is 0 Å². The number of hydrogen-bond donors (Lipinski definition) is 2. The molecular formula is C15H24ClN3O. The molecule has 2 N–H and O–H groups in total. The van der Waals surface area contributed by atoms with E-state index in [1.165, 1.54) is 0 Å². The minimum Gasteiger partial charge on any atom is -0.325 e. The Morgan fingerprint density at radius 1 is 1.25 bits per heavy atom. The lowest BCUT2D eigenvalue weighted by molar-refractivity contribution is -0.115. The Morgan fingerprint density at radius 3 is 2.40 bits per heavy atom. The zero-order valence-corrected chi connectivity index (χ0v) is 13.4. The maximum absolute atomic E-state index is 11.8. The second-order valence-corrected chi connectivity index (χ2v) is 6.50. The van der Waals surface area contributed by atoms with Gasteiger partial charge in [-0.15, -0.1) is 0 Å². The SMILES string of the molecule is CN(C)CC(C)(C)CNCC(=O)Nc1ccc(Cl)cc1. The van der Waals surface area contributed by atoms with Crippen molar-refractivity contribution >= 4 is 23.2 Å². The van der Waals surface area contributed by atoms with E-state index in [9.17, 15) is 4.79 Å². The lowest BCUT2D eigenvalue weighted by atomic mass is 9.93. The van der Waals surface area contributed by atoms with Gasteiger partial charge in [0.1, 0.15) is 0 Å². The number of carbonyl (C=O) groups excluding carboxylic acids is 1. The van der Waals surface area contributed by atoms with Gasteiger partial charge in [0.05, 0.1) is 6.54 Å². The molecule has 20 heavy (non-hydrogen) atoms. The number of benzene rings is 1. The predicted octanol–water partition coefficient (Wildman–Crippen LogP) is 2.46. The average molecular weight is 298 g/mol. The topological polar surface area (TPSA) is 44.4 Å². The van der Waals surface area contributed by atoms with Crippen LogP contribution in [0.3, 0.4) is 0 Å². The van der Waals surface area contributed by atoms with E-state index >= 15 is 0 Å². The van der Waals surface area contributed by atoms with E-state index in [2.05, 4.69) is 43.5 Å². The third-order valence-corrected chi connectivity index (χ3v) is 3.01. The average Bonchev–Trinajstić information content (AvgIpc) is 2.30. The van der Waals surface area contributed by atoms with Gasteiger partial charge in [-0.1, -0.05) is 25.4 Å². The highest BCUT2D eigenvalue weighted by Gasteiger charge is 2.18. The number of nitrogens with one attached hydrogen (secondary N) is 2. The van der Waals surface area contributed by atoms with E-state index < -0.39 is 0 Å². The van der Waals surface area contributed by atoms with E-state index in [0.29, 0.717) is 11.6 Å². The molecular weight excluding hydrogens is 274 g/mol. The lowest BCUT2D eigenvalue weighted by Gasteiger charge is -2.28. The molecule has 1 amide bonds. The zero-order valence-electron chi connectivity index (χ0n) is 12.7. The van der Waals surface area contributed by atoms with Gasteiger partial charge in [-0.2, -0.15) is 0 Å². The van der Waals surface area contributed by atoms with Gasteiger partial charge in [0.25, 0.3) is 0 Å². The minimum atomic E-state index is -0.0482. The van der Waals surface area contributed by atoms with Crippen LogP contribution in [0.15, 0.2) is 24.3 Å². The van der Waals surface area contributed by atoms with Crippen LogP contribution in [0.4, 0.5) is 5.69 Å². The Kier molecular flexibility index (Phi) is 6.46. The van der Waals surface area contributed by atoms with E-state index in [1.54, 1.807) is 24.3 Å². The highest BCUT2D eigenvalue weighted by atomic mass is 35.5. The number of halogens is 1. The second kappa shape index (κ2) is 7.62. The van der Waals surface area contributed by atoms with Crippen molar-refractivity contribution in [1.82, 2.24) is 10.2 Å². The number of nitrogens with zero attached hydrogens (tertiary/aromatic N) is 1. The molecule has 1 rings (SSSR count). The summed E-state index contributed by atoms with van der Waals surface area (Å²) in [6.45, 7) is 6.42. The fourth-order valence-corrected chi connectivity index (χ4v) is 2.29. The quantitative estimate of drug-likeness (QED) is 0.812. The molecule has 0 saturated heterocycles. The van der Waals surface area contributed by atoms with Gasteiger partial charge < -0.3 is 15.5 Å². The van der Waals surface area contributed by atoms with Gasteiger partial charge in [0.2, 0.25) is 5.91 Å². The molecule has 0 unspecified atom stereocenters. The summed E-state index contributed by atoms with van der Waals surface area (Å²) >= 11 is 5.79. The normalized spacial score (nSPS) is 11.7. The first-order valence-corrected chi connectivity index (χ1v) is 7.07. The standard InChI is InChI=1S/C15H24ClN3O/c1-15(2,11-19(3)4)10-17-9-14(20)18-13-7-5-12(16)6-8-13/h5-8,17H,9-11H2,1-4H3,(H,18,20). The zero-order chi connectivity index (χ0) is 15.2. The van der Waals surface area contributed by atoms with Crippen molar-refractivity contribution in [2.45, 2.75) is 13.8 Å².